The van der Waals surface area contributed by atoms with Gasteiger partial charge in [0.1, 0.15) is 0 Å². The topological polar surface area (TPSA) is 96.4 Å². The van der Waals surface area contributed by atoms with Gasteiger partial charge in [0.25, 0.3) is 5.91 Å². The molecule has 1 aromatic carbocycles. The van der Waals surface area contributed by atoms with Crippen molar-refractivity contribution in [1.82, 2.24) is 4.98 Å². The van der Waals surface area contributed by atoms with Gasteiger partial charge in [-0.15, -0.1) is 0 Å². The van der Waals surface area contributed by atoms with Crippen LogP contribution in [-0.4, -0.2) is 36.8 Å². The minimum Gasteiger partial charge on any atom is -0.393 e. The van der Waals surface area contributed by atoms with Crippen LogP contribution in [0.15, 0.2) is 41.4 Å². The van der Waals surface area contributed by atoms with Crippen LogP contribution in [0.3, 0.4) is 0 Å². The maximum atomic E-state index is 13.1. The summed E-state index contributed by atoms with van der Waals surface area (Å²) in [5.41, 5.74) is 0.878. The summed E-state index contributed by atoms with van der Waals surface area (Å²) in [4.78, 5) is 16.7. The zero-order valence-corrected chi connectivity index (χ0v) is 16.2. The van der Waals surface area contributed by atoms with Crippen LogP contribution in [0.25, 0.3) is 5.57 Å². The molecule has 2 aromatic rings. The summed E-state index contributed by atoms with van der Waals surface area (Å²) in [5, 5.41) is 11.9. The van der Waals surface area contributed by atoms with E-state index in [-0.39, 0.29) is 15.9 Å². The molecule has 1 saturated carbocycles. The molecule has 0 spiro atoms. The third-order valence-corrected chi connectivity index (χ3v) is 6.21. The number of halogens is 1. The van der Waals surface area contributed by atoms with Gasteiger partial charge in [-0.25, -0.2) is 13.4 Å². The monoisotopic (exact) mass is 410 g/mol. The van der Waals surface area contributed by atoms with Crippen molar-refractivity contribution in [3.8, 4) is 0 Å². The van der Waals surface area contributed by atoms with Crippen molar-refractivity contribution in [3.05, 3.63) is 47.2 Å². The Balaban J connectivity index is 1.91. The number of anilines is 1. The van der Waals surface area contributed by atoms with Gasteiger partial charge in [0.05, 0.1) is 17.2 Å². The molecule has 2 N–H and O–H groups in total. The normalized spacial score (nSPS) is 20.6. The van der Waals surface area contributed by atoms with Gasteiger partial charge >= 0.3 is 0 Å². The lowest BCUT2D eigenvalue weighted by molar-refractivity contribution is -0.111. The fraction of sp³-hybridized carbons (Fsp3) is 0.333. The molecule has 27 heavy (non-hydrogen) atoms. The number of rotatable bonds is 5. The summed E-state index contributed by atoms with van der Waals surface area (Å²) in [6, 6.07) is 6.02. The highest BCUT2D eigenvalue weighted by atomic mass is 32.2. The molecular formula is C18H19FN2O4S2. The highest BCUT2D eigenvalue weighted by Crippen LogP contribution is 2.30. The summed E-state index contributed by atoms with van der Waals surface area (Å²) in [6.45, 7) is 0. The predicted octanol–water partition coefficient (Wildman–Crippen LogP) is 2.87. The number of aliphatic hydroxyl groups excluding tert-OH is 1. The first-order chi connectivity index (χ1) is 12.7. The molecule has 1 aliphatic rings. The van der Waals surface area contributed by atoms with Gasteiger partial charge in [0.2, 0.25) is 0 Å². The molecule has 1 aliphatic carbocycles. The maximum absolute atomic E-state index is 13.1. The fourth-order valence-electron chi connectivity index (χ4n) is 3.04. The number of thiazole rings is 1. The summed E-state index contributed by atoms with van der Waals surface area (Å²) in [5.74, 6) is -0.429. The summed E-state index contributed by atoms with van der Waals surface area (Å²) < 4.78 is 36.4. The minimum atomic E-state index is -3.34. The second-order valence-corrected chi connectivity index (χ2v) is 9.52. The van der Waals surface area contributed by atoms with E-state index in [0.717, 1.165) is 30.2 Å². The van der Waals surface area contributed by atoms with Gasteiger partial charge in [-0.3, -0.25) is 10.1 Å². The van der Waals surface area contributed by atoms with E-state index in [4.69, 9.17) is 0 Å². The van der Waals surface area contributed by atoms with Crippen molar-refractivity contribution < 1.29 is 22.7 Å². The summed E-state index contributed by atoms with van der Waals surface area (Å²) >= 11 is 0.721. The molecule has 1 amide bonds. The lowest BCUT2D eigenvalue weighted by atomic mass is 9.98. The number of nitrogens with one attached hydrogen (secondary N) is 1. The molecule has 2 unspecified atom stereocenters. The number of carbonyl (C=O) groups excluding carboxylic acids is 1. The van der Waals surface area contributed by atoms with Crippen LogP contribution < -0.4 is 5.32 Å². The van der Waals surface area contributed by atoms with Crippen molar-refractivity contribution in [2.24, 2.45) is 5.92 Å². The molecule has 0 aliphatic heterocycles. The van der Waals surface area contributed by atoms with Crippen LogP contribution in [-0.2, 0) is 14.6 Å². The molecule has 0 bridgehead atoms. The maximum Gasteiger partial charge on any atom is 0.257 e. The Kier molecular flexibility index (Phi) is 5.73. The Bertz CT molecular complexity index is 968. The number of benzene rings is 1. The van der Waals surface area contributed by atoms with Gasteiger partial charge in [-0.1, -0.05) is 29.5 Å². The Hall–Kier alpha value is -2.10. The average molecular weight is 410 g/mol. The van der Waals surface area contributed by atoms with Gasteiger partial charge in [-0.2, -0.15) is 4.39 Å². The van der Waals surface area contributed by atoms with E-state index in [1.54, 1.807) is 18.2 Å². The minimum absolute atomic E-state index is 0.0309. The molecule has 144 valence electrons. The third kappa shape index (κ3) is 5.00. The van der Waals surface area contributed by atoms with Crippen molar-refractivity contribution in [2.45, 2.75) is 30.3 Å². The van der Waals surface area contributed by atoms with Crippen LogP contribution in [0.4, 0.5) is 9.52 Å². The van der Waals surface area contributed by atoms with Crippen molar-refractivity contribution in [1.29, 1.82) is 0 Å². The van der Waals surface area contributed by atoms with Gasteiger partial charge in [-0.05, 0) is 42.9 Å². The summed E-state index contributed by atoms with van der Waals surface area (Å²) in [6.07, 6.45) is 5.51. The average Bonchev–Trinajstić information content (AvgIpc) is 3.20. The largest absolute Gasteiger partial charge is 0.393 e. The molecule has 1 heterocycles. The molecular weight excluding hydrogens is 391 g/mol. The summed E-state index contributed by atoms with van der Waals surface area (Å²) in [7, 11) is -3.34. The number of amides is 1. The quantitative estimate of drug-likeness (QED) is 0.739. The van der Waals surface area contributed by atoms with E-state index in [9.17, 15) is 22.7 Å². The van der Waals surface area contributed by atoms with E-state index in [1.807, 2.05) is 0 Å². The van der Waals surface area contributed by atoms with E-state index in [1.165, 1.54) is 12.1 Å². The van der Waals surface area contributed by atoms with E-state index in [2.05, 4.69) is 10.3 Å². The van der Waals surface area contributed by atoms with Crippen LogP contribution in [0.1, 0.15) is 24.8 Å². The Morgan fingerprint density at radius 3 is 2.56 bits per heavy atom. The third-order valence-electron chi connectivity index (χ3n) is 4.38. The number of aromatic nitrogens is 1. The first kappa shape index (κ1) is 19.7. The first-order valence-corrected chi connectivity index (χ1v) is 11.1. The highest BCUT2D eigenvalue weighted by Gasteiger charge is 2.24. The van der Waals surface area contributed by atoms with Crippen molar-refractivity contribution in [3.63, 3.8) is 0 Å². The van der Waals surface area contributed by atoms with Crippen LogP contribution in [0.2, 0.25) is 0 Å². The number of sulfone groups is 1. The highest BCUT2D eigenvalue weighted by molar-refractivity contribution is 7.90. The Morgan fingerprint density at radius 1 is 1.33 bits per heavy atom. The smallest absolute Gasteiger partial charge is 0.257 e. The molecule has 1 aromatic heterocycles. The van der Waals surface area contributed by atoms with E-state index >= 15 is 0 Å². The standard InChI is InChI=1S/C18H19FN2O4S2/c1-27(24,25)14-6-3-12(4-7-14)15(9-11-2-5-13(22)8-11)17(23)21-18-20-10-16(19)26-18/h3-4,6-7,9-11,13,22H,2,5,8H2,1H3,(H,20,21,23). The second-order valence-electron chi connectivity index (χ2n) is 6.53. The zero-order chi connectivity index (χ0) is 19.6. The van der Waals surface area contributed by atoms with Crippen LogP contribution in [0.5, 0.6) is 0 Å². The van der Waals surface area contributed by atoms with Crippen molar-refractivity contribution in [2.75, 3.05) is 11.6 Å². The molecule has 0 saturated heterocycles. The number of hydrogen-bond acceptors (Lipinski definition) is 6. The molecule has 2 atom stereocenters. The predicted molar refractivity (Wildman–Crippen MR) is 102 cm³/mol. The van der Waals surface area contributed by atoms with Crippen LogP contribution >= 0.6 is 11.3 Å². The number of aliphatic hydroxyl groups is 1. The molecule has 9 heteroatoms. The van der Waals surface area contributed by atoms with Crippen molar-refractivity contribution >= 4 is 37.8 Å². The number of nitrogens with zero attached hydrogens (tertiary/aromatic N) is 1. The first-order valence-electron chi connectivity index (χ1n) is 8.35. The molecule has 3 rings (SSSR count). The molecule has 6 nitrogen and oxygen atoms in total. The Labute approximate surface area is 160 Å². The van der Waals surface area contributed by atoms with Gasteiger partial charge < -0.3 is 5.11 Å². The second kappa shape index (κ2) is 7.87. The van der Waals surface area contributed by atoms with Crippen LogP contribution in [0, 0.1) is 11.0 Å². The Morgan fingerprint density at radius 2 is 2.04 bits per heavy atom. The molecule has 0 radical (unpaired) electrons. The number of carbonyl (C=O) groups is 1. The van der Waals surface area contributed by atoms with E-state index in [0.29, 0.717) is 24.0 Å². The lowest BCUT2D eigenvalue weighted by Crippen LogP contribution is -2.14. The number of hydrogen-bond donors (Lipinski definition) is 2. The number of allylic oxidation sites excluding steroid dienone is 1. The van der Waals surface area contributed by atoms with E-state index < -0.39 is 27.0 Å². The van der Waals surface area contributed by atoms with Gasteiger partial charge in [0, 0.05) is 11.8 Å². The SMILES string of the molecule is CS(=O)(=O)c1ccc(C(=CC2CCC(O)C2)C(=O)Nc2ncc(F)s2)cc1. The fourth-order valence-corrected chi connectivity index (χ4v) is 4.21. The zero-order valence-electron chi connectivity index (χ0n) is 14.6. The molecule has 1 fully saturated rings. The lowest BCUT2D eigenvalue weighted by Gasteiger charge is -2.11. The van der Waals surface area contributed by atoms with Gasteiger partial charge in [0.15, 0.2) is 20.1 Å².